The van der Waals surface area contributed by atoms with E-state index in [1.165, 1.54) is 0 Å². The van der Waals surface area contributed by atoms with E-state index in [4.69, 9.17) is 33.7 Å². The molecule has 0 saturated heterocycles. The van der Waals surface area contributed by atoms with Crippen molar-refractivity contribution in [2.75, 3.05) is 7.11 Å². The first kappa shape index (κ1) is 14.8. The van der Waals surface area contributed by atoms with Gasteiger partial charge in [-0.1, -0.05) is 35.3 Å². The van der Waals surface area contributed by atoms with Crippen molar-refractivity contribution in [3.63, 3.8) is 0 Å². The first-order valence-electron chi connectivity index (χ1n) is 5.75. The van der Waals surface area contributed by atoms with Crippen molar-refractivity contribution in [1.29, 1.82) is 0 Å². The lowest BCUT2D eigenvalue weighted by molar-refractivity contribution is 0.107. The third-order valence-corrected chi connectivity index (χ3v) is 3.72. The van der Waals surface area contributed by atoms with Crippen LogP contribution in [0.2, 0.25) is 10.0 Å². The molecule has 1 aromatic rings. The van der Waals surface area contributed by atoms with Gasteiger partial charge in [-0.2, -0.15) is 0 Å². The smallest absolute Gasteiger partial charge is 0.0624 e. The Bertz CT molecular complexity index is 357. The van der Waals surface area contributed by atoms with E-state index in [-0.39, 0.29) is 12.1 Å². The molecule has 0 amide bonds. The second kappa shape index (κ2) is 7.22. The standard InChI is InChI=1S/C13H19Cl2NO/c1-9(17-2)6-7-11(16)8-10-4-3-5-12(14)13(10)15/h3-5,9,11H,6-8,16H2,1-2H3. The lowest BCUT2D eigenvalue weighted by Gasteiger charge is -2.15. The average Bonchev–Trinajstić information content (AvgIpc) is 2.32. The molecule has 0 aliphatic heterocycles. The fourth-order valence-corrected chi connectivity index (χ4v) is 2.05. The minimum absolute atomic E-state index is 0.0866. The Labute approximate surface area is 113 Å². The summed E-state index contributed by atoms with van der Waals surface area (Å²) >= 11 is 12.1. The van der Waals surface area contributed by atoms with Crippen molar-refractivity contribution >= 4 is 23.2 Å². The highest BCUT2D eigenvalue weighted by atomic mass is 35.5. The fraction of sp³-hybridized carbons (Fsp3) is 0.538. The molecule has 0 heterocycles. The van der Waals surface area contributed by atoms with Crippen molar-refractivity contribution in [3.8, 4) is 0 Å². The Kier molecular flexibility index (Phi) is 6.28. The highest BCUT2D eigenvalue weighted by Crippen LogP contribution is 2.26. The molecule has 0 aliphatic carbocycles. The molecule has 0 spiro atoms. The highest BCUT2D eigenvalue weighted by molar-refractivity contribution is 6.42. The lowest BCUT2D eigenvalue weighted by atomic mass is 10.0. The molecule has 2 N–H and O–H groups in total. The van der Waals surface area contributed by atoms with Crippen LogP contribution in [0.5, 0.6) is 0 Å². The third-order valence-electron chi connectivity index (χ3n) is 2.86. The monoisotopic (exact) mass is 275 g/mol. The van der Waals surface area contributed by atoms with E-state index in [2.05, 4.69) is 0 Å². The number of rotatable bonds is 6. The molecule has 0 radical (unpaired) electrons. The van der Waals surface area contributed by atoms with E-state index in [0.717, 1.165) is 24.8 Å². The number of methoxy groups -OCH3 is 1. The maximum absolute atomic E-state index is 6.12. The predicted molar refractivity (Wildman–Crippen MR) is 73.8 cm³/mol. The number of benzene rings is 1. The Morgan fingerprint density at radius 2 is 2.00 bits per heavy atom. The summed E-state index contributed by atoms with van der Waals surface area (Å²) in [4.78, 5) is 0. The Hall–Kier alpha value is -0.280. The van der Waals surface area contributed by atoms with Crippen LogP contribution in [0.15, 0.2) is 18.2 Å². The molecule has 2 unspecified atom stereocenters. The van der Waals surface area contributed by atoms with Crippen LogP contribution >= 0.6 is 23.2 Å². The van der Waals surface area contributed by atoms with E-state index >= 15 is 0 Å². The van der Waals surface area contributed by atoms with E-state index in [1.54, 1.807) is 13.2 Å². The normalized spacial score (nSPS) is 14.6. The molecule has 0 saturated carbocycles. The summed E-state index contributed by atoms with van der Waals surface area (Å²) in [6, 6.07) is 5.73. The summed E-state index contributed by atoms with van der Waals surface area (Å²) in [7, 11) is 1.71. The number of halogens is 2. The van der Waals surface area contributed by atoms with Crippen LogP contribution < -0.4 is 5.73 Å². The second-order valence-electron chi connectivity index (χ2n) is 4.30. The summed E-state index contributed by atoms with van der Waals surface area (Å²) in [6.07, 6.45) is 2.86. The molecule has 0 fully saturated rings. The van der Waals surface area contributed by atoms with E-state index in [0.29, 0.717) is 10.0 Å². The molecule has 0 aliphatic rings. The molecular weight excluding hydrogens is 257 g/mol. The molecule has 2 nitrogen and oxygen atoms in total. The molecule has 1 rings (SSSR count). The first-order chi connectivity index (χ1) is 8.04. The zero-order valence-electron chi connectivity index (χ0n) is 10.2. The van der Waals surface area contributed by atoms with Crippen LogP contribution in [0.3, 0.4) is 0 Å². The Morgan fingerprint density at radius 1 is 1.29 bits per heavy atom. The van der Waals surface area contributed by atoms with Crippen molar-refractivity contribution in [2.24, 2.45) is 5.73 Å². The molecule has 1 aromatic carbocycles. The van der Waals surface area contributed by atoms with Gasteiger partial charge in [-0.05, 0) is 37.8 Å². The van der Waals surface area contributed by atoms with Gasteiger partial charge < -0.3 is 10.5 Å². The van der Waals surface area contributed by atoms with Crippen molar-refractivity contribution in [3.05, 3.63) is 33.8 Å². The zero-order chi connectivity index (χ0) is 12.8. The van der Waals surface area contributed by atoms with Gasteiger partial charge >= 0.3 is 0 Å². The van der Waals surface area contributed by atoms with E-state index in [9.17, 15) is 0 Å². The van der Waals surface area contributed by atoms with Gasteiger partial charge in [0, 0.05) is 13.2 Å². The van der Waals surface area contributed by atoms with Crippen molar-refractivity contribution < 1.29 is 4.74 Å². The number of ether oxygens (including phenoxy) is 1. The number of hydrogen-bond donors (Lipinski definition) is 1. The Morgan fingerprint density at radius 3 is 2.65 bits per heavy atom. The van der Waals surface area contributed by atoms with Gasteiger partial charge in [-0.25, -0.2) is 0 Å². The van der Waals surface area contributed by atoms with Gasteiger partial charge in [0.2, 0.25) is 0 Å². The largest absolute Gasteiger partial charge is 0.382 e. The fourth-order valence-electron chi connectivity index (χ4n) is 1.66. The summed E-state index contributed by atoms with van der Waals surface area (Å²) in [6.45, 7) is 2.04. The van der Waals surface area contributed by atoms with Crippen LogP contribution in [0, 0.1) is 0 Å². The summed E-state index contributed by atoms with van der Waals surface area (Å²) in [5, 5.41) is 1.20. The first-order valence-corrected chi connectivity index (χ1v) is 6.51. The lowest BCUT2D eigenvalue weighted by Crippen LogP contribution is -2.24. The van der Waals surface area contributed by atoms with Gasteiger partial charge in [-0.15, -0.1) is 0 Å². The molecule has 96 valence electrons. The van der Waals surface area contributed by atoms with Gasteiger partial charge in [0.1, 0.15) is 0 Å². The molecular formula is C13H19Cl2NO. The van der Waals surface area contributed by atoms with Crippen molar-refractivity contribution in [1.82, 2.24) is 0 Å². The SMILES string of the molecule is COC(C)CCC(N)Cc1cccc(Cl)c1Cl. The van der Waals surface area contributed by atoms with Gasteiger partial charge in [0.25, 0.3) is 0 Å². The summed E-state index contributed by atoms with van der Waals surface area (Å²) < 4.78 is 5.19. The summed E-state index contributed by atoms with van der Waals surface area (Å²) in [5.41, 5.74) is 7.08. The molecule has 0 bridgehead atoms. The maximum Gasteiger partial charge on any atom is 0.0624 e. The third kappa shape index (κ3) is 4.84. The minimum atomic E-state index is 0.0866. The second-order valence-corrected chi connectivity index (χ2v) is 5.09. The average molecular weight is 276 g/mol. The van der Waals surface area contributed by atoms with Crippen LogP contribution in [0.4, 0.5) is 0 Å². The summed E-state index contributed by atoms with van der Waals surface area (Å²) in [5.74, 6) is 0. The van der Waals surface area contributed by atoms with Crippen LogP contribution in [-0.4, -0.2) is 19.3 Å². The van der Waals surface area contributed by atoms with Gasteiger partial charge in [0.15, 0.2) is 0 Å². The molecule has 0 aromatic heterocycles. The Balaban J connectivity index is 2.50. The molecule has 17 heavy (non-hydrogen) atoms. The zero-order valence-corrected chi connectivity index (χ0v) is 11.8. The van der Waals surface area contributed by atoms with Crippen molar-refractivity contribution in [2.45, 2.75) is 38.3 Å². The number of nitrogens with two attached hydrogens (primary N) is 1. The molecule has 2 atom stereocenters. The number of hydrogen-bond acceptors (Lipinski definition) is 2. The topological polar surface area (TPSA) is 35.2 Å². The van der Waals surface area contributed by atoms with Crippen LogP contribution in [0.1, 0.15) is 25.3 Å². The van der Waals surface area contributed by atoms with Gasteiger partial charge in [0.05, 0.1) is 16.1 Å². The minimum Gasteiger partial charge on any atom is -0.382 e. The molecule has 4 heteroatoms. The van der Waals surface area contributed by atoms with Crippen LogP contribution in [0.25, 0.3) is 0 Å². The predicted octanol–water partition coefficient (Wildman–Crippen LogP) is 3.68. The highest BCUT2D eigenvalue weighted by Gasteiger charge is 2.10. The quantitative estimate of drug-likeness (QED) is 0.860. The van der Waals surface area contributed by atoms with Crippen LogP contribution in [-0.2, 0) is 11.2 Å². The van der Waals surface area contributed by atoms with E-state index < -0.39 is 0 Å². The van der Waals surface area contributed by atoms with Gasteiger partial charge in [-0.3, -0.25) is 0 Å². The van der Waals surface area contributed by atoms with E-state index in [1.807, 2.05) is 19.1 Å². The maximum atomic E-state index is 6.12.